The summed E-state index contributed by atoms with van der Waals surface area (Å²) in [6, 6.07) is 2.70. The average molecular weight is 522 g/mol. The zero-order valence-electron chi connectivity index (χ0n) is 21.4. The van der Waals surface area contributed by atoms with E-state index in [0.717, 1.165) is 62.9 Å². The van der Waals surface area contributed by atoms with Crippen molar-refractivity contribution in [3.05, 3.63) is 39.1 Å². The van der Waals surface area contributed by atoms with Gasteiger partial charge in [0.15, 0.2) is 11.1 Å². The molecule has 5 N–H and O–H groups in total. The van der Waals surface area contributed by atoms with Crippen LogP contribution >= 0.6 is 0 Å². The van der Waals surface area contributed by atoms with Crippen molar-refractivity contribution in [3.8, 4) is 5.88 Å². The first-order chi connectivity index (χ1) is 18.5. The highest BCUT2D eigenvalue weighted by molar-refractivity contribution is 5.78. The Hall–Kier alpha value is -3.67. The largest absolute Gasteiger partial charge is 0.493 e. The predicted octanol–water partition coefficient (Wildman–Crippen LogP) is 0.387. The van der Waals surface area contributed by atoms with Gasteiger partial charge in [0, 0.05) is 23.4 Å². The van der Waals surface area contributed by atoms with Gasteiger partial charge in [-0.1, -0.05) is 6.42 Å². The van der Waals surface area contributed by atoms with Crippen molar-refractivity contribution in [1.29, 1.82) is 0 Å². The number of piperidine rings is 1. The van der Waals surface area contributed by atoms with Crippen molar-refractivity contribution in [3.63, 3.8) is 0 Å². The van der Waals surface area contributed by atoms with Crippen molar-refractivity contribution in [2.24, 2.45) is 4.99 Å². The second-order valence-corrected chi connectivity index (χ2v) is 10.8. The van der Waals surface area contributed by atoms with Crippen LogP contribution in [0.25, 0.3) is 11.7 Å². The van der Waals surface area contributed by atoms with E-state index in [1.807, 2.05) is 6.07 Å². The van der Waals surface area contributed by atoms with E-state index in [2.05, 4.69) is 30.6 Å². The van der Waals surface area contributed by atoms with Gasteiger partial charge >= 0.3 is 5.69 Å². The van der Waals surface area contributed by atoms with E-state index in [0.29, 0.717) is 23.5 Å². The van der Waals surface area contributed by atoms with E-state index in [1.165, 1.54) is 19.3 Å². The number of rotatable bonds is 7. The Bertz CT molecular complexity index is 1470. The van der Waals surface area contributed by atoms with Gasteiger partial charge in [-0.25, -0.2) is 9.78 Å². The molecule has 3 fully saturated rings. The monoisotopic (exact) mass is 521 g/mol. The van der Waals surface area contributed by atoms with Crippen LogP contribution in [0.15, 0.2) is 22.1 Å². The molecule has 12 nitrogen and oxygen atoms in total. The Morgan fingerprint density at radius 2 is 1.87 bits per heavy atom. The number of hydrogen-bond acceptors (Lipinski definition) is 8. The number of aromatic nitrogens is 5. The Morgan fingerprint density at radius 3 is 2.58 bits per heavy atom. The van der Waals surface area contributed by atoms with E-state index in [1.54, 1.807) is 16.8 Å². The number of imidazole rings is 1. The summed E-state index contributed by atoms with van der Waals surface area (Å²) in [5, 5.41) is 21.9. The molecule has 202 valence electrons. The number of anilines is 1. The summed E-state index contributed by atoms with van der Waals surface area (Å²) < 4.78 is 1.70. The molecule has 0 radical (unpaired) electrons. The molecule has 0 aromatic carbocycles. The summed E-state index contributed by atoms with van der Waals surface area (Å²) in [5.74, 6) is 0.629. The second-order valence-electron chi connectivity index (χ2n) is 10.8. The lowest BCUT2D eigenvalue weighted by Crippen LogP contribution is -2.45. The summed E-state index contributed by atoms with van der Waals surface area (Å²) in [4.78, 5) is 40.9. The third kappa shape index (κ3) is 5.74. The Balaban J connectivity index is 1.15. The first-order valence-corrected chi connectivity index (χ1v) is 13.7. The van der Waals surface area contributed by atoms with Crippen LogP contribution in [0.4, 0.5) is 5.82 Å². The summed E-state index contributed by atoms with van der Waals surface area (Å²) >= 11 is 0. The number of fused-ring (bicyclic) bond motifs is 1. The molecule has 12 heteroatoms. The van der Waals surface area contributed by atoms with Crippen LogP contribution in [0.2, 0.25) is 0 Å². The Kier molecular flexibility index (Phi) is 6.88. The maximum absolute atomic E-state index is 12.5. The summed E-state index contributed by atoms with van der Waals surface area (Å²) in [6.07, 6.45) is 12.8. The maximum Gasteiger partial charge on any atom is 0.326 e. The number of carbonyl (C=O) groups excluding carboxylic acids is 1. The highest BCUT2D eigenvalue weighted by atomic mass is 16.3. The predicted molar refractivity (Wildman–Crippen MR) is 142 cm³/mol. The number of aromatic hydroxyl groups is 1. The second kappa shape index (κ2) is 10.6. The third-order valence-corrected chi connectivity index (χ3v) is 7.64. The van der Waals surface area contributed by atoms with Gasteiger partial charge in [0.05, 0.1) is 18.8 Å². The summed E-state index contributed by atoms with van der Waals surface area (Å²) in [5.41, 5.74) is 1.11. The van der Waals surface area contributed by atoms with E-state index >= 15 is 0 Å². The molecule has 2 saturated carbocycles. The number of nitrogens with one attached hydrogen (secondary N) is 4. The topological polar surface area (TPSA) is 156 Å². The SMILES string of the molecule is O=C(CN1CCCCC1)NC1CCC(Nc2cc(=NC3CC3)n3nc/c(=C\c4[nH]c(=O)[nH]c4O)c3n2)CC1. The van der Waals surface area contributed by atoms with Crippen molar-refractivity contribution in [1.82, 2.24) is 34.8 Å². The Morgan fingerprint density at radius 1 is 1.11 bits per heavy atom. The Labute approximate surface area is 219 Å². The molecule has 0 bridgehead atoms. The molecule has 3 aliphatic rings. The van der Waals surface area contributed by atoms with Gasteiger partial charge in [0.1, 0.15) is 11.5 Å². The lowest BCUT2D eigenvalue weighted by Gasteiger charge is -2.31. The zero-order valence-corrected chi connectivity index (χ0v) is 21.4. The molecule has 4 heterocycles. The molecule has 38 heavy (non-hydrogen) atoms. The van der Waals surface area contributed by atoms with E-state index in [-0.39, 0.29) is 29.6 Å². The quantitative estimate of drug-likeness (QED) is 0.301. The van der Waals surface area contributed by atoms with Crippen LogP contribution in [0, 0.1) is 0 Å². The van der Waals surface area contributed by atoms with Gasteiger partial charge in [0.25, 0.3) is 0 Å². The lowest BCUT2D eigenvalue weighted by atomic mass is 9.91. The minimum atomic E-state index is -0.483. The fourth-order valence-corrected chi connectivity index (χ4v) is 5.46. The molecule has 1 amide bonds. The molecule has 0 unspecified atom stereocenters. The minimum Gasteiger partial charge on any atom is -0.493 e. The van der Waals surface area contributed by atoms with Gasteiger partial charge in [-0.2, -0.15) is 9.61 Å². The molecule has 6 rings (SSSR count). The first kappa shape index (κ1) is 24.7. The van der Waals surface area contributed by atoms with Crippen LogP contribution in [0.3, 0.4) is 0 Å². The third-order valence-electron chi connectivity index (χ3n) is 7.64. The maximum atomic E-state index is 12.5. The molecular formula is C26H35N9O3. The molecule has 3 aromatic heterocycles. The molecule has 2 aliphatic carbocycles. The average Bonchev–Trinajstić information content (AvgIpc) is 3.54. The fraction of sp³-hybridized carbons (Fsp3) is 0.577. The van der Waals surface area contributed by atoms with E-state index < -0.39 is 5.69 Å². The number of nitrogens with zero attached hydrogens (tertiary/aromatic N) is 5. The number of likely N-dealkylation sites (tertiary alicyclic amines) is 1. The number of carbonyl (C=O) groups is 1. The van der Waals surface area contributed by atoms with Gasteiger partial charge in [0.2, 0.25) is 11.8 Å². The summed E-state index contributed by atoms with van der Waals surface area (Å²) in [7, 11) is 0. The molecular weight excluding hydrogens is 486 g/mol. The van der Waals surface area contributed by atoms with Crippen LogP contribution in [-0.2, 0) is 4.79 Å². The molecule has 0 atom stereocenters. The highest BCUT2D eigenvalue weighted by Gasteiger charge is 2.24. The number of H-pyrrole nitrogens is 2. The van der Waals surface area contributed by atoms with Crippen LogP contribution in [-0.4, -0.2) is 78.2 Å². The number of amides is 1. The minimum absolute atomic E-state index is 0.140. The molecule has 3 aromatic rings. The van der Waals surface area contributed by atoms with Gasteiger partial charge in [-0.3, -0.25) is 19.7 Å². The molecule has 0 spiro atoms. The molecule has 1 saturated heterocycles. The van der Waals surface area contributed by atoms with Crippen LogP contribution < -0.4 is 27.0 Å². The van der Waals surface area contributed by atoms with Crippen molar-refractivity contribution in [2.45, 2.75) is 75.9 Å². The first-order valence-electron chi connectivity index (χ1n) is 13.7. The lowest BCUT2D eigenvalue weighted by molar-refractivity contribution is -0.123. The van der Waals surface area contributed by atoms with Crippen molar-refractivity contribution >= 4 is 23.4 Å². The standard InChI is InChI=1S/C26H35N9O3/c36-23(15-34-10-2-1-3-11-34)30-19-8-4-17(5-9-19)28-21-13-22(29-18-6-7-18)35-24(32-21)16(14-27-35)12-20-25(37)33-26(38)31-20/h12-14,17-19,28,37H,1-11,15H2,(H,30,36)(H2,31,33,38)/b16-12+,29-22?. The van der Waals surface area contributed by atoms with Gasteiger partial charge in [-0.05, 0) is 70.5 Å². The number of aromatic amines is 2. The smallest absolute Gasteiger partial charge is 0.326 e. The van der Waals surface area contributed by atoms with Gasteiger partial charge < -0.3 is 20.7 Å². The number of hydrogen-bond donors (Lipinski definition) is 5. The van der Waals surface area contributed by atoms with Crippen molar-refractivity contribution in [2.75, 3.05) is 25.0 Å². The van der Waals surface area contributed by atoms with Crippen LogP contribution in [0.1, 0.15) is 63.5 Å². The van der Waals surface area contributed by atoms with E-state index in [9.17, 15) is 14.7 Å². The van der Waals surface area contributed by atoms with Crippen molar-refractivity contribution < 1.29 is 9.90 Å². The normalized spacial score (nSPS) is 23.7. The zero-order chi connectivity index (χ0) is 26.1. The molecule has 1 aliphatic heterocycles. The fourth-order valence-electron chi connectivity index (χ4n) is 5.46. The highest BCUT2D eigenvalue weighted by Crippen LogP contribution is 2.23. The van der Waals surface area contributed by atoms with Crippen LogP contribution in [0.5, 0.6) is 5.88 Å². The van der Waals surface area contributed by atoms with E-state index in [4.69, 9.17) is 9.98 Å². The summed E-state index contributed by atoms with van der Waals surface area (Å²) in [6.45, 7) is 2.56. The van der Waals surface area contributed by atoms with Gasteiger partial charge in [-0.15, -0.1) is 0 Å².